The van der Waals surface area contributed by atoms with Crippen molar-refractivity contribution >= 4 is 21.9 Å². The summed E-state index contributed by atoms with van der Waals surface area (Å²) >= 11 is 0. The number of furan rings is 1. The monoisotopic (exact) mass is 543 g/mol. The first-order valence-electron chi connectivity index (χ1n) is 15.3. The summed E-state index contributed by atoms with van der Waals surface area (Å²) in [4.78, 5) is 4.92. The highest BCUT2D eigenvalue weighted by Crippen LogP contribution is 2.60. The second-order valence-corrected chi connectivity index (χ2v) is 15.3. The molecule has 0 saturated carbocycles. The summed E-state index contributed by atoms with van der Waals surface area (Å²) in [6.45, 7) is 23.1. The van der Waals surface area contributed by atoms with Crippen LogP contribution in [0.2, 0.25) is 0 Å². The molecule has 0 N–H and O–H groups in total. The van der Waals surface area contributed by atoms with E-state index in [-0.39, 0.29) is 16.2 Å². The number of benzene rings is 3. The van der Waals surface area contributed by atoms with Crippen molar-refractivity contribution in [2.45, 2.75) is 93.4 Å². The summed E-state index contributed by atoms with van der Waals surface area (Å²) < 4.78 is 7.06. The predicted octanol–water partition coefficient (Wildman–Crippen LogP) is 11.5. The summed E-state index contributed by atoms with van der Waals surface area (Å²) in [5, 5.41) is 2.35. The zero-order chi connectivity index (χ0) is 29.5. The molecule has 1 aliphatic carbocycles. The molecule has 2 heteroatoms. The van der Waals surface area contributed by atoms with Crippen LogP contribution in [0.25, 0.3) is 44.3 Å². The standard InChI is InChI=1S/C39H45NO/c1-23(2)29-19-32(40-20-25(29)4)33-24(3)15-16-26-27-17-18-31-34(36(27)41-35(26)33)28-13-11-12-14-30(28)39(31,21-37(5,6)7)22-38(8,9)10/h11-20,23H,21-22H2,1-10H3. The van der Waals surface area contributed by atoms with E-state index in [0.717, 1.165) is 35.3 Å². The fourth-order valence-corrected chi connectivity index (χ4v) is 7.80. The van der Waals surface area contributed by atoms with Crippen molar-refractivity contribution in [3.05, 3.63) is 88.6 Å². The van der Waals surface area contributed by atoms with E-state index in [9.17, 15) is 0 Å². The Balaban J connectivity index is 1.69. The number of aromatic nitrogens is 1. The summed E-state index contributed by atoms with van der Waals surface area (Å²) in [6, 6.07) is 20.6. The molecule has 3 aromatic carbocycles. The molecule has 41 heavy (non-hydrogen) atoms. The van der Waals surface area contributed by atoms with Crippen LogP contribution in [0.3, 0.4) is 0 Å². The molecule has 5 aromatic rings. The fraction of sp³-hybridized carbons (Fsp3) is 0.410. The average Bonchev–Trinajstić information content (AvgIpc) is 3.36. The molecular weight excluding hydrogens is 498 g/mol. The van der Waals surface area contributed by atoms with Crippen molar-refractivity contribution in [1.82, 2.24) is 4.98 Å². The van der Waals surface area contributed by atoms with E-state index in [4.69, 9.17) is 9.40 Å². The molecule has 0 fully saturated rings. The fourth-order valence-electron chi connectivity index (χ4n) is 7.80. The van der Waals surface area contributed by atoms with Gasteiger partial charge in [-0.15, -0.1) is 0 Å². The highest BCUT2D eigenvalue weighted by Gasteiger charge is 2.48. The Kier molecular flexibility index (Phi) is 6.31. The van der Waals surface area contributed by atoms with Crippen molar-refractivity contribution in [3.63, 3.8) is 0 Å². The van der Waals surface area contributed by atoms with Crippen LogP contribution in [-0.2, 0) is 5.41 Å². The van der Waals surface area contributed by atoms with E-state index >= 15 is 0 Å². The molecule has 0 saturated heterocycles. The molecule has 2 heterocycles. The molecule has 0 amide bonds. The summed E-state index contributed by atoms with van der Waals surface area (Å²) in [5.74, 6) is 0.436. The second kappa shape index (κ2) is 9.31. The second-order valence-electron chi connectivity index (χ2n) is 15.3. The van der Waals surface area contributed by atoms with Crippen LogP contribution in [0, 0.1) is 24.7 Å². The summed E-state index contributed by atoms with van der Waals surface area (Å²) in [5.41, 5.74) is 13.6. The van der Waals surface area contributed by atoms with E-state index in [0.29, 0.717) is 5.92 Å². The van der Waals surface area contributed by atoms with Gasteiger partial charge in [0.05, 0.1) is 5.69 Å². The highest BCUT2D eigenvalue weighted by molar-refractivity contribution is 6.14. The lowest BCUT2D eigenvalue weighted by Crippen LogP contribution is -2.35. The zero-order valence-electron chi connectivity index (χ0n) is 26.6. The maximum atomic E-state index is 7.06. The van der Waals surface area contributed by atoms with Gasteiger partial charge in [-0.1, -0.05) is 104 Å². The summed E-state index contributed by atoms with van der Waals surface area (Å²) in [7, 11) is 0. The van der Waals surface area contributed by atoms with Gasteiger partial charge in [0.15, 0.2) is 0 Å². The van der Waals surface area contributed by atoms with E-state index < -0.39 is 0 Å². The van der Waals surface area contributed by atoms with Gasteiger partial charge in [0.2, 0.25) is 0 Å². The van der Waals surface area contributed by atoms with Crippen LogP contribution in [-0.4, -0.2) is 4.98 Å². The van der Waals surface area contributed by atoms with Gasteiger partial charge in [-0.25, -0.2) is 0 Å². The highest BCUT2D eigenvalue weighted by atomic mass is 16.3. The average molecular weight is 544 g/mol. The Bertz CT molecular complexity index is 1790. The molecule has 1 aliphatic rings. The molecule has 0 aliphatic heterocycles. The molecule has 2 aromatic heterocycles. The van der Waals surface area contributed by atoms with Gasteiger partial charge in [0.1, 0.15) is 11.2 Å². The Morgan fingerprint density at radius 2 is 1.34 bits per heavy atom. The lowest BCUT2D eigenvalue weighted by Gasteiger charge is -2.42. The van der Waals surface area contributed by atoms with Crippen LogP contribution in [0.4, 0.5) is 0 Å². The normalized spacial score (nSPS) is 14.7. The third-order valence-electron chi connectivity index (χ3n) is 8.93. The van der Waals surface area contributed by atoms with Gasteiger partial charge in [-0.05, 0) is 82.9 Å². The quantitative estimate of drug-likeness (QED) is 0.225. The number of fused-ring (bicyclic) bond motifs is 7. The molecule has 0 spiro atoms. The van der Waals surface area contributed by atoms with E-state index in [1.165, 1.54) is 49.7 Å². The van der Waals surface area contributed by atoms with Crippen LogP contribution in [0.1, 0.15) is 102 Å². The molecular formula is C39H45NO. The van der Waals surface area contributed by atoms with Crippen LogP contribution >= 0.6 is 0 Å². The predicted molar refractivity (Wildman–Crippen MR) is 175 cm³/mol. The maximum absolute atomic E-state index is 7.06. The molecule has 6 rings (SSSR count). The molecule has 2 nitrogen and oxygen atoms in total. The smallest absolute Gasteiger partial charge is 0.145 e. The van der Waals surface area contributed by atoms with Crippen molar-refractivity contribution < 1.29 is 4.42 Å². The van der Waals surface area contributed by atoms with Gasteiger partial charge in [0, 0.05) is 33.5 Å². The Morgan fingerprint density at radius 1 is 0.732 bits per heavy atom. The first-order valence-corrected chi connectivity index (χ1v) is 15.3. The van der Waals surface area contributed by atoms with Gasteiger partial charge in [0.25, 0.3) is 0 Å². The minimum absolute atomic E-state index is 0.0704. The number of rotatable bonds is 4. The first kappa shape index (κ1) is 27.8. The number of nitrogens with zero attached hydrogens (tertiary/aromatic N) is 1. The Labute approximate surface area is 246 Å². The third-order valence-corrected chi connectivity index (χ3v) is 8.93. The van der Waals surface area contributed by atoms with Gasteiger partial charge in [-0.2, -0.15) is 0 Å². The number of hydrogen-bond donors (Lipinski definition) is 0. The summed E-state index contributed by atoms with van der Waals surface area (Å²) in [6.07, 6.45) is 4.19. The Hall–Kier alpha value is -3.39. The third kappa shape index (κ3) is 4.51. The minimum Gasteiger partial charge on any atom is -0.455 e. The minimum atomic E-state index is -0.0704. The molecule has 212 valence electrons. The van der Waals surface area contributed by atoms with Gasteiger partial charge < -0.3 is 4.42 Å². The molecule has 0 unspecified atom stereocenters. The number of hydrogen-bond acceptors (Lipinski definition) is 2. The van der Waals surface area contributed by atoms with E-state index in [1.807, 2.05) is 6.20 Å². The van der Waals surface area contributed by atoms with Crippen molar-refractivity contribution in [1.29, 1.82) is 0 Å². The zero-order valence-corrected chi connectivity index (χ0v) is 26.6. The lowest BCUT2D eigenvalue weighted by molar-refractivity contribution is 0.214. The molecule has 0 bridgehead atoms. The van der Waals surface area contributed by atoms with Crippen molar-refractivity contribution in [3.8, 4) is 22.4 Å². The van der Waals surface area contributed by atoms with Crippen molar-refractivity contribution in [2.75, 3.05) is 0 Å². The van der Waals surface area contributed by atoms with E-state index in [2.05, 4.69) is 124 Å². The topological polar surface area (TPSA) is 26.0 Å². The van der Waals surface area contributed by atoms with Gasteiger partial charge in [-0.3, -0.25) is 4.98 Å². The maximum Gasteiger partial charge on any atom is 0.145 e. The van der Waals surface area contributed by atoms with Crippen molar-refractivity contribution in [2.24, 2.45) is 10.8 Å². The van der Waals surface area contributed by atoms with E-state index in [1.54, 1.807) is 0 Å². The van der Waals surface area contributed by atoms with Crippen LogP contribution < -0.4 is 0 Å². The van der Waals surface area contributed by atoms with Gasteiger partial charge >= 0.3 is 0 Å². The SMILES string of the molecule is Cc1cnc(-c2c(C)ccc3c2oc2c4c(ccc23)C(CC(C)(C)C)(CC(C)(C)C)c2ccccc2-4)cc1C(C)C. The van der Waals surface area contributed by atoms with Crippen LogP contribution in [0.5, 0.6) is 0 Å². The molecule has 0 atom stereocenters. The number of pyridine rings is 1. The first-order chi connectivity index (χ1) is 19.2. The number of aryl methyl sites for hydroxylation is 2. The molecule has 0 radical (unpaired) electrons. The van der Waals surface area contributed by atoms with Crippen LogP contribution in [0.15, 0.2) is 65.2 Å². The Morgan fingerprint density at radius 3 is 1.98 bits per heavy atom. The lowest BCUT2D eigenvalue weighted by atomic mass is 9.62. The largest absolute Gasteiger partial charge is 0.455 e.